The van der Waals surface area contributed by atoms with Crippen LogP contribution >= 0.6 is 11.8 Å². The van der Waals surface area contributed by atoms with Gasteiger partial charge in [-0.05, 0) is 17.7 Å². The highest BCUT2D eigenvalue weighted by Crippen LogP contribution is 2.22. The highest BCUT2D eigenvalue weighted by molar-refractivity contribution is 7.98. The number of rotatable bonds is 9. The number of thioether (sulfide) groups is 1. The first-order valence-corrected chi connectivity index (χ1v) is 8.03. The van der Waals surface area contributed by atoms with E-state index in [1.165, 1.54) is 10.5 Å². The zero-order chi connectivity index (χ0) is 14.9. The minimum Gasteiger partial charge on any atom is -0.383 e. The van der Waals surface area contributed by atoms with E-state index in [9.17, 15) is 0 Å². The van der Waals surface area contributed by atoms with E-state index in [-0.39, 0.29) is 0 Å². The van der Waals surface area contributed by atoms with Crippen LogP contribution in [0.25, 0.3) is 0 Å². The summed E-state index contributed by atoms with van der Waals surface area (Å²) in [6, 6.07) is 8.52. The molecule has 0 saturated carbocycles. The van der Waals surface area contributed by atoms with Gasteiger partial charge in [0, 0.05) is 31.5 Å². The molecule has 0 atom stereocenters. The van der Waals surface area contributed by atoms with Crippen LogP contribution in [0.4, 0.5) is 0 Å². The lowest BCUT2D eigenvalue weighted by Gasteiger charge is -2.05. The van der Waals surface area contributed by atoms with Crippen LogP contribution < -0.4 is 5.32 Å². The number of hydrogen-bond acceptors (Lipinski definition) is 6. The van der Waals surface area contributed by atoms with Crippen molar-refractivity contribution in [2.24, 2.45) is 0 Å². The van der Waals surface area contributed by atoms with Crippen LogP contribution in [0.3, 0.4) is 0 Å². The molecule has 0 fully saturated rings. The average molecular weight is 307 g/mol. The maximum atomic E-state index is 5.09. The van der Waals surface area contributed by atoms with Gasteiger partial charge in [-0.2, -0.15) is 4.98 Å². The van der Waals surface area contributed by atoms with Gasteiger partial charge in [-0.25, -0.2) is 0 Å². The van der Waals surface area contributed by atoms with Crippen molar-refractivity contribution in [3.8, 4) is 0 Å². The molecule has 2 aromatic rings. The van der Waals surface area contributed by atoms with Gasteiger partial charge in [0.05, 0.1) is 12.4 Å². The summed E-state index contributed by atoms with van der Waals surface area (Å²) < 4.78 is 10.1. The lowest BCUT2D eigenvalue weighted by molar-refractivity contribution is 0.199. The molecule has 0 radical (unpaired) electrons. The van der Waals surface area contributed by atoms with E-state index in [4.69, 9.17) is 9.26 Å². The van der Waals surface area contributed by atoms with E-state index in [0.717, 1.165) is 37.7 Å². The highest BCUT2D eigenvalue weighted by Gasteiger charge is 2.05. The topological polar surface area (TPSA) is 60.2 Å². The molecular formula is C15H21N3O2S. The Morgan fingerprint density at radius 1 is 1.29 bits per heavy atom. The second-order valence-electron chi connectivity index (χ2n) is 4.56. The van der Waals surface area contributed by atoms with Gasteiger partial charge in [0.25, 0.3) is 0 Å². The molecule has 0 aliphatic rings. The molecule has 21 heavy (non-hydrogen) atoms. The zero-order valence-electron chi connectivity index (χ0n) is 12.5. The number of benzene rings is 1. The third-order valence-corrected chi connectivity index (χ3v) is 3.92. The summed E-state index contributed by atoms with van der Waals surface area (Å²) in [6.45, 7) is 4.46. The number of aromatic nitrogens is 2. The van der Waals surface area contributed by atoms with E-state index in [0.29, 0.717) is 5.89 Å². The van der Waals surface area contributed by atoms with Gasteiger partial charge in [-0.1, -0.05) is 24.2 Å². The lowest BCUT2D eigenvalue weighted by atomic mass is 10.2. The van der Waals surface area contributed by atoms with E-state index in [1.54, 1.807) is 18.9 Å². The third kappa shape index (κ3) is 5.49. The normalized spacial score (nSPS) is 11.0. The van der Waals surface area contributed by atoms with Gasteiger partial charge < -0.3 is 14.6 Å². The maximum absolute atomic E-state index is 5.09. The largest absolute Gasteiger partial charge is 0.383 e. The predicted octanol–water partition coefficient (Wildman–Crippen LogP) is 2.66. The minimum absolute atomic E-state index is 0.697. The number of methoxy groups -OCH3 is 1. The van der Waals surface area contributed by atoms with Crippen LogP contribution in [-0.4, -0.2) is 30.4 Å². The van der Waals surface area contributed by atoms with Crippen molar-refractivity contribution < 1.29 is 9.26 Å². The van der Waals surface area contributed by atoms with Crippen molar-refractivity contribution in [1.82, 2.24) is 15.5 Å². The van der Waals surface area contributed by atoms with Crippen LogP contribution in [0, 0.1) is 0 Å². The fraction of sp³-hybridized carbons (Fsp3) is 0.467. The highest BCUT2D eigenvalue weighted by atomic mass is 32.2. The molecule has 1 N–H and O–H groups in total. The molecule has 1 aromatic carbocycles. The van der Waals surface area contributed by atoms with Crippen molar-refractivity contribution in [1.29, 1.82) is 0 Å². The van der Waals surface area contributed by atoms with Crippen molar-refractivity contribution >= 4 is 11.8 Å². The zero-order valence-corrected chi connectivity index (χ0v) is 13.3. The SMILES string of the molecule is CCc1nc(CSc2ccc(CNCCOC)cc2)no1. The summed E-state index contributed by atoms with van der Waals surface area (Å²) in [4.78, 5) is 5.51. The van der Waals surface area contributed by atoms with Crippen LogP contribution in [-0.2, 0) is 23.5 Å². The number of ether oxygens (including phenoxy) is 1. The first-order chi connectivity index (χ1) is 10.3. The standard InChI is InChI=1S/C15H21N3O2S/c1-3-15-17-14(18-20-15)11-21-13-6-4-12(5-7-13)10-16-8-9-19-2/h4-7,16H,3,8-11H2,1-2H3. The Balaban J connectivity index is 1.76. The van der Waals surface area contributed by atoms with Gasteiger partial charge >= 0.3 is 0 Å². The molecule has 0 amide bonds. The Morgan fingerprint density at radius 2 is 2.10 bits per heavy atom. The fourth-order valence-corrected chi connectivity index (χ4v) is 2.49. The molecule has 2 rings (SSSR count). The quantitative estimate of drug-likeness (QED) is 0.568. The lowest BCUT2D eigenvalue weighted by Crippen LogP contribution is -2.18. The molecule has 1 aromatic heterocycles. The van der Waals surface area contributed by atoms with Crippen LogP contribution in [0.15, 0.2) is 33.7 Å². The number of aryl methyl sites for hydroxylation is 1. The van der Waals surface area contributed by atoms with Crippen molar-refractivity contribution in [3.05, 3.63) is 41.5 Å². The van der Waals surface area contributed by atoms with Gasteiger partial charge in [0.2, 0.25) is 5.89 Å². The number of nitrogens with zero attached hydrogens (tertiary/aromatic N) is 2. The Kier molecular flexibility index (Phi) is 6.72. The van der Waals surface area contributed by atoms with Crippen molar-refractivity contribution in [2.45, 2.75) is 30.5 Å². The minimum atomic E-state index is 0.697. The molecule has 6 heteroatoms. The average Bonchev–Trinajstić information content (AvgIpc) is 2.99. The summed E-state index contributed by atoms with van der Waals surface area (Å²) >= 11 is 1.71. The summed E-state index contributed by atoms with van der Waals surface area (Å²) in [7, 11) is 1.71. The fourth-order valence-electron chi connectivity index (χ4n) is 1.75. The van der Waals surface area contributed by atoms with E-state index >= 15 is 0 Å². The molecule has 0 aliphatic heterocycles. The second-order valence-corrected chi connectivity index (χ2v) is 5.61. The first-order valence-electron chi connectivity index (χ1n) is 7.04. The summed E-state index contributed by atoms with van der Waals surface area (Å²) in [5.74, 6) is 2.18. The third-order valence-electron chi connectivity index (χ3n) is 2.92. The van der Waals surface area contributed by atoms with Crippen molar-refractivity contribution in [2.75, 3.05) is 20.3 Å². The van der Waals surface area contributed by atoms with Crippen LogP contribution in [0.1, 0.15) is 24.2 Å². The molecule has 5 nitrogen and oxygen atoms in total. The molecule has 0 bridgehead atoms. The molecule has 0 unspecified atom stereocenters. The van der Waals surface area contributed by atoms with E-state index < -0.39 is 0 Å². The number of nitrogens with one attached hydrogen (secondary N) is 1. The predicted molar refractivity (Wildman–Crippen MR) is 83.3 cm³/mol. The molecule has 114 valence electrons. The van der Waals surface area contributed by atoms with Crippen LogP contribution in [0.2, 0.25) is 0 Å². The molecule has 0 aliphatic carbocycles. The monoisotopic (exact) mass is 307 g/mol. The Labute approximate surface area is 129 Å². The summed E-state index contributed by atoms with van der Waals surface area (Å²) in [6.07, 6.45) is 0.780. The molecular weight excluding hydrogens is 286 g/mol. The number of hydrogen-bond donors (Lipinski definition) is 1. The van der Waals surface area contributed by atoms with Crippen molar-refractivity contribution in [3.63, 3.8) is 0 Å². The Hall–Kier alpha value is -1.37. The smallest absolute Gasteiger partial charge is 0.226 e. The van der Waals surface area contributed by atoms with Crippen LogP contribution in [0.5, 0.6) is 0 Å². The Morgan fingerprint density at radius 3 is 2.76 bits per heavy atom. The van der Waals surface area contributed by atoms with E-state index in [2.05, 4.69) is 39.7 Å². The van der Waals surface area contributed by atoms with Gasteiger partial charge in [-0.15, -0.1) is 11.8 Å². The molecule has 1 heterocycles. The summed E-state index contributed by atoms with van der Waals surface area (Å²) in [5, 5.41) is 7.27. The second kappa shape index (κ2) is 8.81. The van der Waals surface area contributed by atoms with E-state index in [1.807, 2.05) is 6.92 Å². The molecule has 0 saturated heterocycles. The molecule has 0 spiro atoms. The van der Waals surface area contributed by atoms with Gasteiger partial charge in [0.15, 0.2) is 5.82 Å². The van der Waals surface area contributed by atoms with Gasteiger partial charge in [-0.3, -0.25) is 0 Å². The first kappa shape index (κ1) is 16.0. The maximum Gasteiger partial charge on any atom is 0.226 e. The summed E-state index contributed by atoms with van der Waals surface area (Å²) in [5.41, 5.74) is 1.27. The van der Waals surface area contributed by atoms with Gasteiger partial charge in [0.1, 0.15) is 0 Å². The Bertz CT molecular complexity index is 528.